The van der Waals surface area contributed by atoms with Gasteiger partial charge in [-0.1, -0.05) is 44.4 Å². The van der Waals surface area contributed by atoms with Crippen LogP contribution in [0.1, 0.15) is 67.4 Å². The molecule has 24 heavy (non-hydrogen) atoms. The molecule has 1 atom stereocenters. The van der Waals surface area contributed by atoms with Gasteiger partial charge in [0.2, 0.25) is 5.91 Å². The molecule has 0 fully saturated rings. The van der Waals surface area contributed by atoms with E-state index in [9.17, 15) is 9.59 Å². The molecule has 1 aromatic rings. The zero-order valence-corrected chi connectivity index (χ0v) is 14.5. The van der Waals surface area contributed by atoms with Crippen molar-refractivity contribution < 1.29 is 14.7 Å². The van der Waals surface area contributed by atoms with E-state index in [4.69, 9.17) is 5.11 Å². The number of hydrogen-bond acceptors (Lipinski definition) is 3. The highest BCUT2D eigenvalue weighted by molar-refractivity contribution is 6.04. The average molecular weight is 332 g/mol. The molecule has 0 saturated heterocycles. The molecular weight excluding hydrogens is 304 g/mol. The first-order valence-electron chi connectivity index (χ1n) is 8.99. The Kier molecular flexibility index (Phi) is 7.25. The average Bonchev–Trinajstić information content (AvgIpc) is 2.88. The molecule has 5 heteroatoms. The number of aliphatic hydroxyl groups is 1. The van der Waals surface area contributed by atoms with Gasteiger partial charge in [-0.2, -0.15) is 0 Å². The minimum Gasteiger partial charge on any atom is -0.396 e. The molecule has 0 aromatic heterocycles. The molecule has 0 spiro atoms. The maximum atomic E-state index is 12.7. The zero-order chi connectivity index (χ0) is 17.4. The first-order chi connectivity index (χ1) is 11.7. The first-order valence-corrected chi connectivity index (χ1v) is 8.99. The van der Waals surface area contributed by atoms with Gasteiger partial charge < -0.3 is 15.3 Å². The molecule has 1 aliphatic heterocycles. The van der Waals surface area contributed by atoms with Crippen molar-refractivity contribution in [3.8, 4) is 0 Å². The number of aliphatic hydroxyl groups excluding tert-OH is 1. The van der Waals surface area contributed by atoms with Gasteiger partial charge in [0.15, 0.2) is 0 Å². The standard InChI is InChI=1S/C19H28N2O3/c1-2-3-4-7-12-20-18(23)17-15-10-5-6-11-16(15)19(24)21(17)13-8-9-14-22/h5-6,10-11,17,22H,2-4,7-9,12-14H2,1H3,(H,20,23). The summed E-state index contributed by atoms with van der Waals surface area (Å²) in [6.45, 7) is 3.39. The van der Waals surface area contributed by atoms with Gasteiger partial charge in [-0.05, 0) is 30.9 Å². The van der Waals surface area contributed by atoms with Gasteiger partial charge in [-0.3, -0.25) is 9.59 Å². The summed E-state index contributed by atoms with van der Waals surface area (Å²) in [5, 5.41) is 11.9. The van der Waals surface area contributed by atoms with Crippen molar-refractivity contribution in [2.45, 2.75) is 51.5 Å². The summed E-state index contributed by atoms with van der Waals surface area (Å²) in [7, 11) is 0. The molecule has 0 bridgehead atoms. The Bertz CT molecular complexity index is 559. The number of hydrogen-bond donors (Lipinski definition) is 2. The summed E-state index contributed by atoms with van der Waals surface area (Å²) in [5.74, 6) is -0.191. The predicted molar refractivity (Wildman–Crippen MR) is 93.7 cm³/mol. The summed E-state index contributed by atoms with van der Waals surface area (Å²) in [6.07, 6.45) is 5.73. The Morgan fingerprint density at radius 1 is 1.17 bits per heavy atom. The largest absolute Gasteiger partial charge is 0.396 e. The molecule has 2 rings (SSSR count). The summed E-state index contributed by atoms with van der Waals surface area (Å²) >= 11 is 0. The highest BCUT2D eigenvalue weighted by Crippen LogP contribution is 2.33. The molecule has 1 aliphatic rings. The number of benzene rings is 1. The lowest BCUT2D eigenvalue weighted by atomic mass is 10.0. The molecule has 1 unspecified atom stereocenters. The number of nitrogens with one attached hydrogen (secondary N) is 1. The number of fused-ring (bicyclic) bond motifs is 1. The highest BCUT2D eigenvalue weighted by atomic mass is 16.3. The molecule has 132 valence electrons. The van der Waals surface area contributed by atoms with E-state index in [2.05, 4.69) is 12.2 Å². The maximum Gasteiger partial charge on any atom is 0.255 e. The van der Waals surface area contributed by atoms with Gasteiger partial charge >= 0.3 is 0 Å². The number of carbonyl (C=O) groups is 2. The van der Waals surface area contributed by atoms with Crippen LogP contribution in [0.2, 0.25) is 0 Å². The van der Waals surface area contributed by atoms with E-state index >= 15 is 0 Å². The Hall–Kier alpha value is -1.88. The number of rotatable bonds is 10. The van der Waals surface area contributed by atoms with Gasteiger partial charge in [0, 0.05) is 25.3 Å². The van der Waals surface area contributed by atoms with Crippen molar-refractivity contribution in [1.82, 2.24) is 10.2 Å². The normalized spacial score (nSPS) is 16.3. The smallest absolute Gasteiger partial charge is 0.255 e. The van der Waals surface area contributed by atoms with E-state index in [0.29, 0.717) is 31.5 Å². The Morgan fingerprint density at radius 2 is 1.96 bits per heavy atom. The van der Waals surface area contributed by atoms with Crippen LogP contribution >= 0.6 is 0 Å². The van der Waals surface area contributed by atoms with E-state index in [1.165, 1.54) is 6.42 Å². The fourth-order valence-electron chi connectivity index (χ4n) is 3.14. The fraction of sp³-hybridized carbons (Fsp3) is 0.579. The van der Waals surface area contributed by atoms with E-state index in [1.54, 1.807) is 11.0 Å². The molecule has 5 nitrogen and oxygen atoms in total. The van der Waals surface area contributed by atoms with Crippen molar-refractivity contribution in [3.63, 3.8) is 0 Å². The number of amides is 2. The van der Waals surface area contributed by atoms with Crippen LogP contribution in [0.5, 0.6) is 0 Å². The lowest BCUT2D eigenvalue weighted by molar-refractivity contribution is -0.125. The summed E-state index contributed by atoms with van der Waals surface area (Å²) in [4.78, 5) is 26.9. The minimum absolute atomic E-state index is 0.0883. The molecule has 0 aliphatic carbocycles. The second kappa shape index (κ2) is 9.42. The molecule has 2 N–H and O–H groups in total. The van der Waals surface area contributed by atoms with Crippen LogP contribution in [0.3, 0.4) is 0 Å². The Morgan fingerprint density at radius 3 is 2.71 bits per heavy atom. The van der Waals surface area contributed by atoms with Gasteiger partial charge in [0.1, 0.15) is 6.04 Å². The van der Waals surface area contributed by atoms with E-state index in [0.717, 1.165) is 24.8 Å². The number of carbonyl (C=O) groups excluding carboxylic acids is 2. The molecule has 2 amide bonds. The van der Waals surface area contributed by atoms with Crippen LogP contribution in [0, 0.1) is 0 Å². The van der Waals surface area contributed by atoms with E-state index in [-0.39, 0.29) is 18.4 Å². The topological polar surface area (TPSA) is 69.6 Å². The summed E-state index contributed by atoms with van der Waals surface area (Å²) < 4.78 is 0. The van der Waals surface area contributed by atoms with E-state index in [1.807, 2.05) is 18.2 Å². The fourth-order valence-corrected chi connectivity index (χ4v) is 3.14. The minimum atomic E-state index is -0.543. The second-order valence-electron chi connectivity index (χ2n) is 6.27. The van der Waals surface area contributed by atoms with Gasteiger partial charge in [0.05, 0.1) is 0 Å². The third kappa shape index (κ3) is 4.35. The molecular formula is C19H28N2O3. The third-order valence-electron chi connectivity index (χ3n) is 4.44. The quantitative estimate of drug-likeness (QED) is 0.647. The second-order valence-corrected chi connectivity index (χ2v) is 6.27. The molecule has 1 aromatic carbocycles. The monoisotopic (exact) mass is 332 g/mol. The zero-order valence-electron chi connectivity index (χ0n) is 14.5. The van der Waals surface area contributed by atoms with Gasteiger partial charge in [-0.25, -0.2) is 0 Å². The van der Waals surface area contributed by atoms with Crippen LogP contribution in [0.4, 0.5) is 0 Å². The van der Waals surface area contributed by atoms with Crippen molar-refractivity contribution >= 4 is 11.8 Å². The first kappa shape index (κ1) is 18.5. The Balaban J connectivity index is 2.04. The predicted octanol–water partition coefficient (Wildman–Crippen LogP) is 2.65. The maximum absolute atomic E-state index is 12.7. The molecule has 1 heterocycles. The van der Waals surface area contributed by atoms with Crippen LogP contribution < -0.4 is 5.32 Å². The number of unbranched alkanes of at least 4 members (excludes halogenated alkanes) is 4. The van der Waals surface area contributed by atoms with Crippen LogP contribution in [-0.2, 0) is 4.79 Å². The van der Waals surface area contributed by atoms with Crippen LogP contribution in [-0.4, -0.2) is 41.5 Å². The molecule has 0 radical (unpaired) electrons. The van der Waals surface area contributed by atoms with Gasteiger partial charge in [0.25, 0.3) is 5.91 Å². The lowest BCUT2D eigenvalue weighted by Crippen LogP contribution is -2.40. The Labute approximate surface area is 144 Å². The SMILES string of the molecule is CCCCCCNC(=O)C1c2ccccc2C(=O)N1CCCCO. The lowest BCUT2D eigenvalue weighted by Gasteiger charge is -2.24. The third-order valence-corrected chi connectivity index (χ3v) is 4.44. The summed E-state index contributed by atoms with van der Waals surface area (Å²) in [5.41, 5.74) is 1.41. The van der Waals surface area contributed by atoms with Crippen molar-refractivity contribution in [2.24, 2.45) is 0 Å². The van der Waals surface area contributed by atoms with Gasteiger partial charge in [-0.15, -0.1) is 0 Å². The van der Waals surface area contributed by atoms with E-state index < -0.39 is 6.04 Å². The van der Waals surface area contributed by atoms with Crippen LogP contribution in [0.15, 0.2) is 24.3 Å². The van der Waals surface area contributed by atoms with Crippen LogP contribution in [0.25, 0.3) is 0 Å². The molecule has 0 saturated carbocycles. The van der Waals surface area contributed by atoms with Crippen molar-refractivity contribution in [1.29, 1.82) is 0 Å². The summed E-state index contributed by atoms with van der Waals surface area (Å²) in [6, 6.07) is 6.79. The highest BCUT2D eigenvalue weighted by Gasteiger charge is 2.40. The van der Waals surface area contributed by atoms with Crippen molar-refractivity contribution in [3.05, 3.63) is 35.4 Å². The number of nitrogens with zero attached hydrogens (tertiary/aromatic N) is 1. The van der Waals surface area contributed by atoms with Crippen molar-refractivity contribution in [2.75, 3.05) is 19.7 Å².